The number of morpholine rings is 1. The van der Waals surface area contributed by atoms with Gasteiger partial charge in [0.25, 0.3) is 5.91 Å². The van der Waals surface area contributed by atoms with Crippen molar-refractivity contribution in [1.29, 1.82) is 0 Å². The maximum atomic E-state index is 12.0. The van der Waals surface area contributed by atoms with E-state index >= 15 is 0 Å². The zero-order chi connectivity index (χ0) is 13.3. The van der Waals surface area contributed by atoms with Gasteiger partial charge < -0.3 is 10.1 Å². The molecule has 0 aromatic heterocycles. The van der Waals surface area contributed by atoms with Crippen molar-refractivity contribution in [3.05, 3.63) is 0 Å². The Morgan fingerprint density at radius 3 is 2.29 bits per heavy atom. The fraction of sp³-hybridized carbons (Fsp3) is 0.923. The van der Waals surface area contributed by atoms with Crippen LogP contribution in [0.3, 0.4) is 0 Å². The van der Waals surface area contributed by atoms with E-state index in [0.717, 1.165) is 6.54 Å². The molecule has 1 unspecified atom stereocenters. The third-order valence-electron chi connectivity index (χ3n) is 2.81. The number of ether oxygens (including phenoxy) is 1. The molecule has 1 N–H and O–H groups in total. The number of nitrogens with one attached hydrogen (secondary N) is 1. The minimum Gasteiger partial charge on any atom is -0.366 e. The van der Waals surface area contributed by atoms with Crippen molar-refractivity contribution in [2.45, 2.75) is 58.7 Å². The molecule has 1 aliphatic rings. The molecule has 1 heterocycles. The maximum absolute atomic E-state index is 12.0. The lowest BCUT2D eigenvalue weighted by Crippen LogP contribution is -2.57. The number of hydrogen-bond donors (Lipinski definition) is 1. The van der Waals surface area contributed by atoms with Crippen molar-refractivity contribution in [3.8, 4) is 0 Å². The molecule has 0 aromatic rings. The standard InChI is InChI=1S/C13H26N2O2/c1-12(2,3)14-11(16)10-9-15(7-8-17-10)13(4,5)6/h10H,7-9H2,1-6H3,(H,14,16). The van der Waals surface area contributed by atoms with E-state index < -0.39 is 0 Å². The van der Waals surface area contributed by atoms with E-state index in [1.54, 1.807) is 0 Å². The van der Waals surface area contributed by atoms with Gasteiger partial charge in [0, 0.05) is 24.2 Å². The molecule has 100 valence electrons. The second-order valence-corrected chi connectivity index (χ2v) is 6.72. The highest BCUT2D eigenvalue weighted by atomic mass is 16.5. The molecule has 1 fully saturated rings. The lowest BCUT2D eigenvalue weighted by Gasteiger charge is -2.41. The number of hydrogen-bond acceptors (Lipinski definition) is 3. The Kier molecular flexibility index (Phi) is 4.20. The molecule has 0 spiro atoms. The number of carbonyl (C=O) groups excluding carboxylic acids is 1. The molecule has 4 heteroatoms. The molecule has 17 heavy (non-hydrogen) atoms. The van der Waals surface area contributed by atoms with Gasteiger partial charge in [0.05, 0.1) is 6.61 Å². The number of amides is 1. The van der Waals surface area contributed by atoms with E-state index in [2.05, 4.69) is 31.0 Å². The van der Waals surface area contributed by atoms with Crippen LogP contribution in [0.25, 0.3) is 0 Å². The fourth-order valence-electron chi connectivity index (χ4n) is 1.87. The first-order valence-electron chi connectivity index (χ1n) is 6.28. The summed E-state index contributed by atoms with van der Waals surface area (Å²) in [6, 6.07) is 0. The van der Waals surface area contributed by atoms with Crippen LogP contribution in [0.5, 0.6) is 0 Å². The van der Waals surface area contributed by atoms with Gasteiger partial charge in [-0.25, -0.2) is 0 Å². The van der Waals surface area contributed by atoms with E-state index in [1.165, 1.54) is 0 Å². The van der Waals surface area contributed by atoms with Crippen LogP contribution in [0.2, 0.25) is 0 Å². The van der Waals surface area contributed by atoms with Gasteiger partial charge in [-0.05, 0) is 41.5 Å². The zero-order valence-electron chi connectivity index (χ0n) is 12.0. The maximum Gasteiger partial charge on any atom is 0.250 e. The van der Waals surface area contributed by atoms with Crippen molar-refractivity contribution in [2.75, 3.05) is 19.7 Å². The molecular formula is C13H26N2O2. The average molecular weight is 242 g/mol. The lowest BCUT2D eigenvalue weighted by atomic mass is 10.0. The summed E-state index contributed by atoms with van der Waals surface area (Å²) in [6.07, 6.45) is -0.345. The molecule has 0 saturated carbocycles. The lowest BCUT2D eigenvalue weighted by molar-refractivity contribution is -0.142. The molecular weight excluding hydrogens is 216 g/mol. The third-order valence-corrected chi connectivity index (χ3v) is 2.81. The predicted octanol–water partition coefficient (Wildman–Crippen LogP) is 1.40. The Morgan fingerprint density at radius 1 is 1.24 bits per heavy atom. The Hall–Kier alpha value is -0.610. The Labute approximate surface area is 105 Å². The van der Waals surface area contributed by atoms with E-state index in [4.69, 9.17) is 4.74 Å². The van der Waals surface area contributed by atoms with Crippen molar-refractivity contribution in [2.24, 2.45) is 0 Å². The van der Waals surface area contributed by atoms with Gasteiger partial charge in [-0.1, -0.05) is 0 Å². The van der Waals surface area contributed by atoms with E-state index in [0.29, 0.717) is 13.2 Å². The van der Waals surface area contributed by atoms with Crippen LogP contribution >= 0.6 is 0 Å². The molecule has 1 saturated heterocycles. The molecule has 0 bridgehead atoms. The van der Waals surface area contributed by atoms with Crippen LogP contribution in [0.4, 0.5) is 0 Å². The summed E-state index contributed by atoms with van der Waals surface area (Å²) in [5.74, 6) is -0.00792. The van der Waals surface area contributed by atoms with Gasteiger partial charge >= 0.3 is 0 Å². The summed E-state index contributed by atoms with van der Waals surface area (Å²) < 4.78 is 5.56. The second kappa shape index (κ2) is 4.94. The molecule has 0 radical (unpaired) electrons. The molecule has 0 aliphatic carbocycles. The molecule has 1 amide bonds. The molecule has 1 rings (SSSR count). The quantitative estimate of drug-likeness (QED) is 0.756. The normalized spacial score (nSPS) is 23.5. The van der Waals surface area contributed by atoms with Gasteiger partial charge in [-0.3, -0.25) is 9.69 Å². The monoisotopic (exact) mass is 242 g/mol. The van der Waals surface area contributed by atoms with Gasteiger partial charge in [-0.15, -0.1) is 0 Å². The fourth-order valence-corrected chi connectivity index (χ4v) is 1.87. The summed E-state index contributed by atoms with van der Waals surface area (Å²) in [4.78, 5) is 14.3. The molecule has 1 aliphatic heterocycles. The summed E-state index contributed by atoms with van der Waals surface area (Å²) in [5, 5.41) is 2.97. The van der Waals surface area contributed by atoms with Crippen LogP contribution in [0, 0.1) is 0 Å². The molecule has 4 nitrogen and oxygen atoms in total. The first-order valence-corrected chi connectivity index (χ1v) is 6.28. The molecule has 1 atom stereocenters. The van der Waals surface area contributed by atoms with E-state index in [1.807, 2.05) is 20.8 Å². The van der Waals surface area contributed by atoms with Gasteiger partial charge in [0.1, 0.15) is 6.10 Å². The number of nitrogens with zero attached hydrogens (tertiary/aromatic N) is 1. The molecule has 0 aromatic carbocycles. The van der Waals surface area contributed by atoms with Crippen LogP contribution in [-0.2, 0) is 9.53 Å². The van der Waals surface area contributed by atoms with Crippen molar-refractivity contribution >= 4 is 5.91 Å². The minimum absolute atomic E-state index is 0.00792. The topological polar surface area (TPSA) is 41.6 Å². The number of carbonyl (C=O) groups is 1. The zero-order valence-corrected chi connectivity index (χ0v) is 12.0. The van der Waals surface area contributed by atoms with Crippen molar-refractivity contribution in [3.63, 3.8) is 0 Å². The van der Waals surface area contributed by atoms with Crippen molar-refractivity contribution < 1.29 is 9.53 Å². The van der Waals surface area contributed by atoms with Gasteiger partial charge in [-0.2, -0.15) is 0 Å². The SMILES string of the molecule is CC(C)(C)NC(=O)C1CN(C(C)(C)C)CCO1. The summed E-state index contributed by atoms with van der Waals surface area (Å²) >= 11 is 0. The van der Waals surface area contributed by atoms with E-state index in [-0.39, 0.29) is 23.1 Å². The number of rotatable bonds is 1. The van der Waals surface area contributed by atoms with Crippen LogP contribution in [0.1, 0.15) is 41.5 Å². The predicted molar refractivity (Wildman–Crippen MR) is 69.0 cm³/mol. The largest absolute Gasteiger partial charge is 0.366 e. The first-order chi connectivity index (χ1) is 7.59. The first kappa shape index (κ1) is 14.5. The second-order valence-electron chi connectivity index (χ2n) is 6.72. The van der Waals surface area contributed by atoms with Crippen LogP contribution < -0.4 is 5.32 Å². The highest BCUT2D eigenvalue weighted by Gasteiger charge is 2.33. The summed E-state index contributed by atoms with van der Waals surface area (Å²) in [6.45, 7) is 14.6. The third kappa shape index (κ3) is 4.64. The Bertz CT molecular complexity index is 276. The summed E-state index contributed by atoms with van der Waals surface area (Å²) in [5.41, 5.74) is -0.117. The highest BCUT2D eigenvalue weighted by Crippen LogP contribution is 2.18. The minimum atomic E-state index is -0.345. The Morgan fingerprint density at radius 2 is 1.82 bits per heavy atom. The van der Waals surface area contributed by atoms with E-state index in [9.17, 15) is 4.79 Å². The van der Waals surface area contributed by atoms with Gasteiger partial charge in [0.2, 0.25) is 0 Å². The summed E-state index contributed by atoms with van der Waals surface area (Å²) in [7, 11) is 0. The van der Waals surface area contributed by atoms with Crippen molar-refractivity contribution in [1.82, 2.24) is 10.2 Å². The Balaban J connectivity index is 2.58. The smallest absolute Gasteiger partial charge is 0.250 e. The average Bonchev–Trinajstić information content (AvgIpc) is 2.14. The highest BCUT2D eigenvalue weighted by molar-refractivity contribution is 5.81. The van der Waals surface area contributed by atoms with Gasteiger partial charge in [0.15, 0.2) is 0 Å². The van der Waals surface area contributed by atoms with Crippen LogP contribution in [0.15, 0.2) is 0 Å². The van der Waals surface area contributed by atoms with Crippen LogP contribution in [-0.4, -0.2) is 47.7 Å².